The Balaban J connectivity index is 1.91. The molecule has 12 heavy (non-hydrogen) atoms. The van der Waals surface area contributed by atoms with Crippen LogP contribution in [0.4, 0.5) is 0 Å². The van der Waals surface area contributed by atoms with Gasteiger partial charge in [0.05, 0.1) is 6.54 Å². The minimum absolute atomic E-state index is 0.576. The summed E-state index contributed by atoms with van der Waals surface area (Å²) >= 11 is 0. The van der Waals surface area contributed by atoms with E-state index >= 15 is 0 Å². The van der Waals surface area contributed by atoms with E-state index < -0.39 is 0 Å². The molecule has 0 spiro atoms. The van der Waals surface area contributed by atoms with Gasteiger partial charge in [-0.3, -0.25) is 4.68 Å². The van der Waals surface area contributed by atoms with E-state index in [1.807, 2.05) is 11.7 Å². The van der Waals surface area contributed by atoms with Crippen LogP contribution in [0.25, 0.3) is 0 Å². The van der Waals surface area contributed by atoms with E-state index in [9.17, 15) is 0 Å². The lowest BCUT2D eigenvalue weighted by atomic mass is 10.2. The second-order valence-electron chi connectivity index (χ2n) is 3.35. The number of rotatable bonds is 4. The normalized spacial score (nSPS) is 19.4. The zero-order chi connectivity index (χ0) is 8.39. The van der Waals surface area contributed by atoms with Crippen molar-refractivity contribution in [1.82, 2.24) is 20.1 Å². The molecule has 2 rings (SSSR count). The molecule has 0 amide bonds. The predicted molar refractivity (Wildman–Crippen MR) is 45.6 cm³/mol. The molecule has 1 heterocycles. The molecular weight excluding hydrogens is 152 g/mol. The molecule has 1 aromatic rings. The average Bonchev–Trinajstić information content (AvgIpc) is 2.80. The van der Waals surface area contributed by atoms with Crippen molar-refractivity contribution in [3.63, 3.8) is 0 Å². The van der Waals surface area contributed by atoms with Crippen LogP contribution in [0, 0.1) is 5.92 Å². The standard InChI is InChI=1S/C8H14N4/c1-9-8(7-2-3-7)4-12-6-10-5-11-12/h5-9H,2-4H2,1H3. The number of hydrogen-bond donors (Lipinski definition) is 1. The fraction of sp³-hybridized carbons (Fsp3) is 0.750. The van der Waals surface area contributed by atoms with Gasteiger partial charge < -0.3 is 5.32 Å². The van der Waals surface area contributed by atoms with Crippen LogP contribution < -0.4 is 5.32 Å². The fourth-order valence-corrected chi connectivity index (χ4v) is 1.50. The molecular formula is C8H14N4. The molecule has 1 aliphatic rings. The number of aromatic nitrogens is 3. The number of hydrogen-bond acceptors (Lipinski definition) is 3. The third-order valence-electron chi connectivity index (χ3n) is 2.41. The van der Waals surface area contributed by atoms with Crippen LogP contribution in [0.2, 0.25) is 0 Å². The van der Waals surface area contributed by atoms with Crippen LogP contribution >= 0.6 is 0 Å². The van der Waals surface area contributed by atoms with Gasteiger partial charge in [0, 0.05) is 6.04 Å². The van der Waals surface area contributed by atoms with Gasteiger partial charge in [-0.25, -0.2) is 4.98 Å². The average molecular weight is 166 g/mol. The lowest BCUT2D eigenvalue weighted by molar-refractivity contribution is 0.413. The summed E-state index contributed by atoms with van der Waals surface area (Å²) in [5, 5.41) is 7.39. The molecule has 1 N–H and O–H groups in total. The SMILES string of the molecule is CNC(Cn1cncn1)C1CC1. The first-order valence-corrected chi connectivity index (χ1v) is 4.40. The molecule has 0 aliphatic heterocycles. The zero-order valence-corrected chi connectivity index (χ0v) is 7.27. The first kappa shape index (κ1) is 7.73. The predicted octanol–water partition coefficient (Wildman–Crippen LogP) is 0.276. The van der Waals surface area contributed by atoms with E-state index in [1.54, 1.807) is 12.7 Å². The summed E-state index contributed by atoms with van der Waals surface area (Å²) in [5.74, 6) is 0.860. The molecule has 0 radical (unpaired) electrons. The van der Waals surface area contributed by atoms with E-state index in [0.29, 0.717) is 6.04 Å². The Labute approximate surface area is 72.0 Å². The van der Waals surface area contributed by atoms with Crippen LogP contribution in [0.1, 0.15) is 12.8 Å². The van der Waals surface area contributed by atoms with Gasteiger partial charge in [0.25, 0.3) is 0 Å². The minimum atomic E-state index is 0.576. The number of nitrogens with zero attached hydrogens (tertiary/aromatic N) is 3. The Kier molecular flexibility index (Phi) is 2.08. The largest absolute Gasteiger partial charge is 0.315 e. The van der Waals surface area contributed by atoms with Crippen molar-refractivity contribution in [3.8, 4) is 0 Å². The van der Waals surface area contributed by atoms with Crippen LogP contribution in [0.3, 0.4) is 0 Å². The van der Waals surface area contributed by atoms with E-state index in [2.05, 4.69) is 15.4 Å². The second-order valence-corrected chi connectivity index (χ2v) is 3.35. The van der Waals surface area contributed by atoms with Crippen molar-refractivity contribution in [3.05, 3.63) is 12.7 Å². The van der Waals surface area contributed by atoms with E-state index in [1.165, 1.54) is 12.8 Å². The maximum Gasteiger partial charge on any atom is 0.137 e. The highest BCUT2D eigenvalue weighted by molar-refractivity contribution is 4.85. The molecule has 4 heteroatoms. The monoisotopic (exact) mass is 166 g/mol. The first-order valence-electron chi connectivity index (χ1n) is 4.40. The summed E-state index contributed by atoms with van der Waals surface area (Å²) in [6.07, 6.45) is 6.08. The Bertz CT molecular complexity index is 227. The molecule has 66 valence electrons. The molecule has 1 saturated carbocycles. The van der Waals surface area contributed by atoms with E-state index in [-0.39, 0.29) is 0 Å². The van der Waals surface area contributed by atoms with Gasteiger partial charge in [-0.15, -0.1) is 0 Å². The molecule has 4 nitrogen and oxygen atoms in total. The molecule has 1 fully saturated rings. The second kappa shape index (κ2) is 3.23. The van der Waals surface area contributed by atoms with Gasteiger partial charge >= 0.3 is 0 Å². The summed E-state index contributed by atoms with van der Waals surface area (Å²) in [4.78, 5) is 3.91. The van der Waals surface area contributed by atoms with E-state index in [4.69, 9.17) is 0 Å². The topological polar surface area (TPSA) is 42.7 Å². The van der Waals surface area contributed by atoms with Crippen LogP contribution in [0.15, 0.2) is 12.7 Å². The van der Waals surface area contributed by atoms with E-state index in [0.717, 1.165) is 12.5 Å². The highest BCUT2D eigenvalue weighted by atomic mass is 15.3. The lowest BCUT2D eigenvalue weighted by Crippen LogP contribution is -2.32. The molecule has 0 bridgehead atoms. The summed E-state index contributed by atoms with van der Waals surface area (Å²) < 4.78 is 1.89. The van der Waals surface area contributed by atoms with Gasteiger partial charge in [0.2, 0.25) is 0 Å². The summed E-state index contributed by atoms with van der Waals surface area (Å²) in [6, 6.07) is 0.576. The number of nitrogens with one attached hydrogen (secondary N) is 1. The third kappa shape index (κ3) is 1.64. The molecule has 1 unspecified atom stereocenters. The van der Waals surface area contributed by atoms with Crippen molar-refractivity contribution < 1.29 is 0 Å². The molecule has 0 saturated heterocycles. The maximum atomic E-state index is 4.08. The lowest BCUT2D eigenvalue weighted by Gasteiger charge is -2.14. The summed E-state index contributed by atoms with van der Waals surface area (Å²) in [5.41, 5.74) is 0. The van der Waals surface area contributed by atoms with Crippen LogP contribution in [0.5, 0.6) is 0 Å². The van der Waals surface area contributed by atoms with Gasteiger partial charge in [-0.05, 0) is 25.8 Å². The molecule has 1 aromatic heterocycles. The molecule has 0 aromatic carbocycles. The molecule has 1 atom stereocenters. The summed E-state index contributed by atoms with van der Waals surface area (Å²) in [6.45, 7) is 0.946. The Morgan fingerprint density at radius 3 is 3.00 bits per heavy atom. The third-order valence-corrected chi connectivity index (χ3v) is 2.41. The van der Waals surface area contributed by atoms with Crippen molar-refractivity contribution in [2.24, 2.45) is 5.92 Å². The van der Waals surface area contributed by atoms with Crippen molar-refractivity contribution in [1.29, 1.82) is 0 Å². The summed E-state index contributed by atoms with van der Waals surface area (Å²) in [7, 11) is 2.01. The maximum absolute atomic E-state index is 4.08. The van der Waals surface area contributed by atoms with Gasteiger partial charge in [0.1, 0.15) is 12.7 Å². The van der Waals surface area contributed by atoms with Gasteiger partial charge in [0.15, 0.2) is 0 Å². The Morgan fingerprint density at radius 1 is 1.67 bits per heavy atom. The van der Waals surface area contributed by atoms with Gasteiger partial charge in [-0.1, -0.05) is 0 Å². The molecule has 1 aliphatic carbocycles. The van der Waals surface area contributed by atoms with Crippen LogP contribution in [-0.2, 0) is 6.54 Å². The highest BCUT2D eigenvalue weighted by Gasteiger charge is 2.30. The van der Waals surface area contributed by atoms with Crippen molar-refractivity contribution in [2.75, 3.05) is 7.05 Å². The van der Waals surface area contributed by atoms with Crippen LogP contribution in [-0.4, -0.2) is 27.9 Å². The minimum Gasteiger partial charge on any atom is -0.315 e. The smallest absolute Gasteiger partial charge is 0.137 e. The zero-order valence-electron chi connectivity index (χ0n) is 7.27. The van der Waals surface area contributed by atoms with Crippen molar-refractivity contribution in [2.45, 2.75) is 25.4 Å². The number of likely N-dealkylation sites (N-methyl/N-ethyl adjacent to an activating group) is 1. The quantitative estimate of drug-likeness (QED) is 0.698. The van der Waals surface area contributed by atoms with Crippen molar-refractivity contribution >= 4 is 0 Å². The fourth-order valence-electron chi connectivity index (χ4n) is 1.50. The Morgan fingerprint density at radius 2 is 2.50 bits per heavy atom. The van der Waals surface area contributed by atoms with Gasteiger partial charge in [-0.2, -0.15) is 5.10 Å². The highest BCUT2D eigenvalue weighted by Crippen LogP contribution is 2.32. The Hall–Kier alpha value is -0.900. The first-order chi connectivity index (χ1) is 5.90.